The highest BCUT2D eigenvalue weighted by atomic mass is 32.2. The molecule has 0 radical (unpaired) electrons. The summed E-state index contributed by atoms with van der Waals surface area (Å²) in [5.41, 5.74) is 1.74. The van der Waals surface area contributed by atoms with Gasteiger partial charge in [-0.05, 0) is 54.8 Å². The highest BCUT2D eigenvalue weighted by Crippen LogP contribution is 2.35. The van der Waals surface area contributed by atoms with Crippen molar-refractivity contribution in [2.45, 2.75) is 47.4 Å². The van der Waals surface area contributed by atoms with Gasteiger partial charge in [0.2, 0.25) is 0 Å². The second-order valence-electron chi connectivity index (χ2n) is 10.9. The van der Waals surface area contributed by atoms with Crippen molar-refractivity contribution in [3.8, 4) is 28.3 Å². The first-order valence-corrected chi connectivity index (χ1v) is 15.5. The average molecular weight is 598 g/mol. The summed E-state index contributed by atoms with van der Waals surface area (Å²) in [6.45, 7) is 1.70. The number of nitrogens with zero attached hydrogens (tertiary/aromatic N) is 1. The Balaban J connectivity index is 1.11. The Morgan fingerprint density at radius 3 is 2.26 bits per heavy atom. The van der Waals surface area contributed by atoms with Crippen LogP contribution in [0.25, 0.3) is 33.3 Å². The van der Waals surface area contributed by atoms with E-state index >= 15 is 8.78 Å². The van der Waals surface area contributed by atoms with Gasteiger partial charge in [0, 0.05) is 6.07 Å². The number of aliphatic hydroxyl groups is 1. The van der Waals surface area contributed by atoms with Gasteiger partial charge in [0.05, 0.1) is 34.4 Å². The van der Waals surface area contributed by atoms with Crippen LogP contribution in [0.2, 0.25) is 0 Å². The van der Waals surface area contributed by atoms with Gasteiger partial charge in [-0.25, -0.2) is 17.2 Å². The van der Waals surface area contributed by atoms with E-state index in [-0.39, 0.29) is 41.1 Å². The van der Waals surface area contributed by atoms with Crippen LogP contribution >= 0.6 is 0 Å². The monoisotopic (exact) mass is 597 g/mol. The summed E-state index contributed by atoms with van der Waals surface area (Å²) in [6, 6.07) is 14.6. The van der Waals surface area contributed by atoms with Crippen molar-refractivity contribution >= 4 is 20.9 Å². The first-order chi connectivity index (χ1) is 20.3. The molecule has 0 aliphatic carbocycles. The van der Waals surface area contributed by atoms with Crippen molar-refractivity contribution in [1.82, 2.24) is 15.3 Å². The molecule has 3 aliphatic rings. The summed E-state index contributed by atoms with van der Waals surface area (Å²) in [5.74, 6) is -1.59. The lowest BCUT2D eigenvalue weighted by molar-refractivity contribution is 0.00706. The summed E-state index contributed by atoms with van der Waals surface area (Å²) < 4.78 is 73.7. The maximum Gasteiger partial charge on any atom is 0.295 e. The number of aromatic amines is 1. The highest BCUT2D eigenvalue weighted by molar-refractivity contribution is 7.92. The number of H-pyrrole nitrogens is 1. The van der Waals surface area contributed by atoms with Gasteiger partial charge in [-0.15, -0.1) is 0 Å². The molecule has 3 fully saturated rings. The lowest BCUT2D eigenvalue weighted by Gasteiger charge is -2.22. The molecule has 3 aromatic carbocycles. The van der Waals surface area contributed by atoms with Crippen LogP contribution in [0.5, 0.6) is 6.01 Å². The molecule has 12 heteroatoms. The minimum atomic E-state index is -3.41. The third-order valence-electron chi connectivity index (χ3n) is 8.31. The van der Waals surface area contributed by atoms with Crippen LogP contribution in [-0.2, 0) is 19.3 Å². The van der Waals surface area contributed by atoms with Crippen LogP contribution in [0.1, 0.15) is 12.8 Å². The SMILES string of the molecule is O=S(=O)(c1ccc(-c2ccc(-c3c(F)cc4[nH]c(O[C@@H]5CO[C@H]6[C@@H]5OC[C@H]6O)nc4c3F)cc2)cc1)C1CCNCC1. The minimum absolute atomic E-state index is 0.000604. The van der Waals surface area contributed by atoms with Crippen molar-refractivity contribution < 1.29 is 36.5 Å². The number of rotatable bonds is 6. The number of ether oxygens (including phenoxy) is 3. The van der Waals surface area contributed by atoms with Crippen LogP contribution in [0, 0.1) is 11.6 Å². The largest absolute Gasteiger partial charge is 0.456 e. The van der Waals surface area contributed by atoms with Crippen molar-refractivity contribution in [3.05, 3.63) is 66.2 Å². The van der Waals surface area contributed by atoms with E-state index in [2.05, 4.69) is 15.3 Å². The molecule has 0 spiro atoms. The number of imidazole rings is 1. The smallest absolute Gasteiger partial charge is 0.295 e. The van der Waals surface area contributed by atoms with Gasteiger partial charge in [-0.2, -0.15) is 4.98 Å². The molecule has 42 heavy (non-hydrogen) atoms. The molecular formula is C30H29F2N3O6S. The molecule has 4 heterocycles. The molecule has 1 aromatic heterocycles. The number of fused-ring (bicyclic) bond motifs is 2. The quantitative estimate of drug-likeness (QED) is 0.308. The molecular weight excluding hydrogens is 568 g/mol. The van der Waals surface area contributed by atoms with Gasteiger partial charge in [0.1, 0.15) is 29.6 Å². The van der Waals surface area contributed by atoms with E-state index in [4.69, 9.17) is 14.2 Å². The predicted molar refractivity (Wildman–Crippen MR) is 150 cm³/mol. The maximum absolute atomic E-state index is 15.6. The molecule has 4 aromatic rings. The predicted octanol–water partition coefficient (Wildman–Crippen LogP) is 3.61. The first kappa shape index (κ1) is 27.4. The van der Waals surface area contributed by atoms with Gasteiger partial charge in [-0.3, -0.25) is 0 Å². The van der Waals surface area contributed by atoms with E-state index in [1.54, 1.807) is 48.5 Å². The van der Waals surface area contributed by atoms with Crippen LogP contribution in [0.4, 0.5) is 8.78 Å². The zero-order valence-corrected chi connectivity index (χ0v) is 23.2. The standard InChI is InChI=1S/C30H29F2N3O6S/c31-21-13-22-27(35-30(34-22)41-24-15-40-28-23(36)14-39-29(24)28)26(32)25(21)18-3-1-16(2-4-18)17-5-7-19(8-6-17)42(37,38)20-9-11-33-12-10-20/h1-8,13,20,23-24,28-29,33,36H,9-12,14-15H2,(H,34,35)/t23-,24-,28-,29-/m1/s1. The van der Waals surface area contributed by atoms with Crippen LogP contribution in [0.15, 0.2) is 59.5 Å². The molecule has 0 unspecified atom stereocenters. The number of nitrogens with one attached hydrogen (secondary N) is 2. The van der Waals surface area contributed by atoms with E-state index in [1.807, 2.05) is 0 Å². The molecule has 3 saturated heterocycles. The van der Waals surface area contributed by atoms with Gasteiger partial charge in [0.25, 0.3) is 6.01 Å². The highest BCUT2D eigenvalue weighted by Gasteiger charge is 2.48. The zero-order chi connectivity index (χ0) is 29.0. The maximum atomic E-state index is 15.6. The van der Waals surface area contributed by atoms with Crippen LogP contribution in [0.3, 0.4) is 0 Å². The molecule has 3 N–H and O–H groups in total. The summed E-state index contributed by atoms with van der Waals surface area (Å²) in [6.07, 6.45) is -1.07. The third kappa shape index (κ3) is 4.77. The number of piperidine rings is 1. The fraction of sp³-hybridized carbons (Fsp3) is 0.367. The van der Waals surface area contributed by atoms with Gasteiger partial charge in [0.15, 0.2) is 21.8 Å². The van der Waals surface area contributed by atoms with E-state index in [1.165, 1.54) is 6.07 Å². The van der Waals surface area contributed by atoms with Crippen LogP contribution < -0.4 is 10.1 Å². The lowest BCUT2D eigenvalue weighted by atomic mass is 9.99. The number of benzene rings is 3. The second-order valence-corrected chi connectivity index (χ2v) is 13.1. The summed E-state index contributed by atoms with van der Waals surface area (Å²) in [4.78, 5) is 7.32. The van der Waals surface area contributed by atoms with Crippen molar-refractivity contribution in [2.24, 2.45) is 0 Å². The number of sulfone groups is 1. The topological polar surface area (TPSA) is 123 Å². The Labute approximate surface area is 240 Å². The number of halogens is 2. The van der Waals surface area contributed by atoms with E-state index in [0.29, 0.717) is 36.4 Å². The second kappa shape index (κ2) is 10.7. The fourth-order valence-electron chi connectivity index (χ4n) is 6.03. The Kier molecular flexibility index (Phi) is 6.98. The summed E-state index contributed by atoms with van der Waals surface area (Å²) in [7, 11) is -3.41. The molecule has 0 bridgehead atoms. The molecule has 4 atom stereocenters. The Bertz CT molecular complexity index is 1720. The first-order valence-electron chi connectivity index (χ1n) is 13.9. The van der Waals surface area contributed by atoms with Gasteiger partial charge in [-0.1, -0.05) is 36.4 Å². The normalized spacial score (nSPS) is 24.7. The Morgan fingerprint density at radius 2 is 1.55 bits per heavy atom. The Morgan fingerprint density at radius 1 is 0.905 bits per heavy atom. The fourth-order valence-corrected chi connectivity index (χ4v) is 7.79. The van der Waals surface area contributed by atoms with Crippen molar-refractivity contribution in [3.63, 3.8) is 0 Å². The average Bonchev–Trinajstić information content (AvgIpc) is 3.71. The number of hydrogen-bond acceptors (Lipinski definition) is 8. The summed E-state index contributed by atoms with van der Waals surface area (Å²) in [5, 5.41) is 12.7. The number of aromatic nitrogens is 2. The molecule has 9 nitrogen and oxygen atoms in total. The van der Waals surface area contributed by atoms with Crippen molar-refractivity contribution in [1.29, 1.82) is 0 Å². The van der Waals surface area contributed by atoms with Crippen molar-refractivity contribution in [2.75, 3.05) is 26.3 Å². The van der Waals surface area contributed by atoms with Crippen LogP contribution in [-0.4, -0.2) is 79.5 Å². The zero-order valence-electron chi connectivity index (χ0n) is 22.4. The molecule has 0 amide bonds. The number of aliphatic hydroxyl groups excluding tert-OH is 1. The lowest BCUT2D eigenvalue weighted by Crippen LogP contribution is -2.35. The van der Waals surface area contributed by atoms with E-state index in [0.717, 1.165) is 11.1 Å². The van der Waals surface area contributed by atoms with E-state index < -0.39 is 45.9 Å². The number of hydrogen-bond donors (Lipinski definition) is 3. The molecule has 220 valence electrons. The molecule has 0 saturated carbocycles. The van der Waals surface area contributed by atoms with E-state index in [9.17, 15) is 13.5 Å². The molecule has 7 rings (SSSR count). The molecule has 3 aliphatic heterocycles. The minimum Gasteiger partial charge on any atom is -0.456 e. The van der Waals surface area contributed by atoms with Gasteiger partial charge < -0.3 is 29.6 Å². The third-order valence-corrected chi connectivity index (χ3v) is 10.6. The Hall–Kier alpha value is -3.42. The summed E-state index contributed by atoms with van der Waals surface area (Å²) >= 11 is 0. The van der Waals surface area contributed by atoms with Gasteiger partial charge >= 0.3 is 0 Å².